The zero-order valence-electron chi connectivity index (χ0n) is 11.0. The quantitative estimate of drug-likeness (QED) is 0.681. The number of halogens is 1. The molecule has 0 amide bonds. The molecular formula is C15H10ClN5. The molecular weight excluding hydrogens is 286 g/mol. The van der Waals surface area contributed by atoms with Gasteiger partial charge in [0.25, 0.3) is 0 Å². The molecule has 0 N–H and O–H groups in total. The van der Waals surface area contributed by atoms with Gasteiger partial charge in [-0.1, -0.05) is 11.6 Å². The van der Waals surface area contributed by atoms with E-state index in [-0.39, 0.29) is 0 Å². The molecule has 1 saturated carbocycles. The lowest BCUT2D eigenvalue weighted by Crippen LogP contribution is -1.97. The highest BCUT2D eigenvalue weighted by molar-refractivity contribution is 6.34. The Bertz CT molecular complexity index is 889. The van der Waals surface area contributed by atoms with E-state index in [1.807, 2.05) is 10.8 Å². The second-order valence-corrected chi connectivity index (χ2v) is 5.46. The highest BCUT2D eigenvalue weighted by Gasteiger charge is 2.29. The van der Waals surface area contributed by atoms with E-state index in [2.05, 4.69) is 21.0 Å². The van der Waals surface area contributed by atoms with Crippen LogP contribution in [0.3, 0.4) is 0 Å². The highest BCUT2D eigenvalue weighted by Crippen LogP contribution is 2.45. The maximum atomic E-state index is 9.04. The molecule has 3 aromatic heterocycles. The van der Waals surface area contributed by atoms with Crippen LogP contribution in [0.1, 0.15) is 29.9 Å². The van der Waals surface area contributed by atoms with Crippen LogP contribution in [0.15, 0.2) is 30.9 Å². The minimum absolute atomic E-state index is 0.470. The van der Waals surface area contributed by atoms with E-state index in [0.29, 0.717) is 22.5 Å². The van der Waals surface area contributed by atoms with Crippen LogP contribution in [0.2, 0.25) is 5.15 Å². The van der Waals surface area contributed by atoms with Crippen molar-refractivity contribution in [1.82, 2.24) is 19.5 Å². The molecule has 0 spiro atoms. The number of hydrogen-bond donors (Lipinski definition) is 0. The molecule has 5 nitrogen and oxygen atoms in total. The maximum Gasteiger partial charge on any atom is 0.150 e. The normalized spacial score (nSPS) is 14.3. The third kappa shape index (κ3) is 1.96. The van der Waals surface area contributed by atoms with E-state index in [1.165, 1.54) is 11.9 Å². The topological polar surface area (TPSA) is 67.4 Å². The van der Waals surface area contributed by atoms with Crippen LogP contribution in [0, 0.1) is 11.3 Å². The van der Waals surface area contributed by atoms with Gasteiger partial charge in [0.2, 0.25) is 0 Å². The Morgan fingerprint density at radius 2 is 2.14 bits per heavy atom. The lowest BCUT2D eigenvalue weighted by Gasteiger charge is -2.03. The first-order chi connectivity index (χ1) is 10.3. The summed E-state index contributed by atoms with van der Waals surface area (Å²) in [6.07, 6.45) is 7.42. The standard InChI is InChI=1S/C15H10ClN5/c16-14-13-11(10-1-2-10)7-21(15(13)20-8-19-14)12-5-9(6-17)3-4-18-12/h3-5,7-8,10H,1-2H2. The van der Waals surface area contributed by atoms with Gasteiger partial charge in [-0.25, -0.2) is 15.0 Å². The first-order valence-corrected chi connectivity index (χ1v) is 7.03. The van der Waals surface area contributed by atoms with Gasteiger partial charge in [-0.05, 0) is 36.5 Å². The van der Waals surface area contributed by atoms with Crippen molar-refractivity contribution >= 4 is 22.6 Å². The average Bonchev–Trinajstić information content (AvgIpc) is 3.28. The molecule has 0 unspecified atom stereocenters. The Kier molecular flexibility index (Phi) is 2.66. The van der Waals surface area contributed by atoms with Crippen molar-refractivity contribution in [2.75, 3.05) is 0 Å². The van der Waals surface area contributed by atoms with Crippen LogP contribution in [0.25, 0.3) is 16.9 Å². The molecule has 1 aliphatic carbocycles. The van der Waals surface area contributed by atoms with Gasteiger partial charge in [-0.15, -0.1) is 0 Å². The molecule has 21 heavy (non-hydrogen) atoms. The lowest BCUT2D eigenvalue weighted by atomic mass is 10.2. The largest absolute Gasteiger partial charge is 0.285 e. The molecule has 0 radical (unpaired) electrons. The zero-order valence-corrected chi connectivity index (χ0v) is 11.7. The van der Waals surface area contributed by atoms with Crippen molar-refractivity contribution in [1.29, 1.82) is 5.26 Å². The highest BCUT2D eigenvalue weighted by atomic mass is 35.5. The van der Waals surface area contributed by atoms with Crippen molar-refractivity contribution in [2.45, 2.75) is 18.8 Å². The fraction of sp³-hybridized carbons (Fsp3) is 0.200. The molecule has 0 aliphatic heterocycles. The molecule has 0 aromatic carbocycles. The molecule has 1 aliphatic rings. The van der Waals surface area contributed by atoms with Crippen molar-refractivity contribution in [3.63, 3.8) is 0 Å². The Hall–Kier alpha value is -2.45. The van der Waals surface area contributed by atoms with E-state index in [1.54, 1.807) is 18.3 Å². The van der Waals surface area contributed by atoms with Crippen LogP contribution in [-0.2, 0) is 0 Å². The van der Waals surface area contributed by atoms with Crippen LogP contribution >= 0.6 is 11.6 Å². The number of nitriles is 1. The van der Waals surface area contributed by atoms with Gasteiger partial charge in [0.15, 0.2) is 5.65 Å². The molecule has 3 aromatic rings. The number of rotatable bonds is 2. The van der Waals surface area contributed by atoms with E-state index in [0.717, 1.165) is 23.9 Å². The van der Waals surface area contributed by atoms with Crippen molar-refractivity contribution in [3.05, 3.63) is 47.1 Å². The lowest BCUT2D eigenvalue weighted by molar-refractivity contribution is 1.000. The Morgan fingerprint density at radius 3 is 2.90 bits per heavy atom. The van der Waals surface area contributed by atoms with Crippen molar-refractivity contribution in [2.24, 2.45) is 0 Å². The van der Waals surface area contributed by atoms with Gasteiger partial charge in [-0.2, -0.15) is 5.26 Å². The Labute approximate surface area is 125 Å². The second-order valence-electron chi connectivity index (χ2n) is 5.11. The summed E-state index contributed by atoms with van der Waals surface area (Å²) in [6, 6.07) is 5.55. The molecule has 0 atom stereocenters. The summed E-state index contributed by atoms with van der Waals surface area (Å²) in [7, 11) is 0. The third-order valence-electron chi connectivity index (χ3n) is 3.70. The van der Waals surface area contributed by atoms with E-state index in [9.17, 15) is 0 Å². The number of nitrogens with zero attached hydrogens (tertiary/aromatic N) is 5. The van der Waals surface area contributed by atoms with Gasteiger partial charge in [0, 0.05) is 12.4 Å². The number of fused-ring (bicyclic) bond motifs is 1. The molecule has 1 fully saturated rings. The van der Waals surface area contributed by atoms with Gasteiger partial charge >= 0.3 is 0 Å². The minimum atomic E-state index is 0.470. The summed E-state index contributed by atoms with van der Waals surface area (Å²) >= 11 is 6.26. The smallest absolute Gasteiger partial charge is 0.150 e. The van der Waals surface area contributed by atoms with Crippen LogP contribution < -0.4 is 0 Å². The van der Waals surface area contributed by atoms with Gasteiger partial charge in [0.1, 0.15) is 17.3 Å². The maximum absolute atomic E-state index is 9.04. The SMILES string of the molecule is N#Cc1ccnc(-n2cc(C3CC3)c3c(Cl)ncnc32)c1. The summed E-state index contributed by atoms with van der Waals surface area (Å²) in [5.74, 6) is 1.19. The fourth-order valence-corrected chi connectivity index (χ4v) is 2.79. The number of pyridine rings is 1. The van der Waals surface area contributed by atoms with E-state index in [4.69, 9.17) is 16.9 Å². The molecule has 6 heteroatoms. The van der Waals surface area contributed by atoms with E-state index >= 15 is 0 Å². The van der Waals surface area contributed by atoms with Gasteiger partial charge in [-0.3, -0.25) is 4.57 Å². The third-order valence-corrected chi connectivity index (χ3v) is 3.99. The summed E-state index contributed by atoms with van der Waals surface area (Å²) in [6.45, 7) is 0. The summed E-state index contributed by atoms with van der Waals surface area (Å²) in [5, 5.41) is 10.4. The van der Waals surface area contributed by atoms with Crippen LogP contribution in [0.4, 0.5) is 0 Å². The van der Waals surface area contributed by atoms with Gasteiger partial charge < -0.3 is 0 Å². The number of hydrogen-bond acceptors (Lipinski definition) is 4. The van der Waals surface area contributed by atoms with E-state index < -0.39 is 0 Å². The summed E-state index contributed by atoms with van der Waals surface area (Å²) < 4.78 is 1.89. The predicted molar refractivity (Wildman–Crippen MR) is 78.4 cm³/mol. The van der Waals surface area contributed by atoms with Crippen molar-refractivity contribution in [3.8, 4) is 11.9 Å². The van der Waals surface area contributed by atoms with Gasteiger partial charge in [0.05, 0.1) is 17.0 Å². The Morgan fingerprint density at radius 1 is 1.29 bits per heavy atom. The molecule has 0 saturated heterocycles. The zero-order chi connectivity index (χ0) is 14.4. The Balaban J connectivity index is 2.01. The molecule has 0 bridgehead atoms. The minimum Gasteiger partial charge on any atom is -0.285 e. The monoisotopic (exact) mass is 295 g/mol. The van der Waals surface area contributed by atoms with Crippen molar-refractivity contribution < 1.29 is 0 Å². The summed E-state index contributed by atoms with van der Waals surface area (Å²) in [5.41, 5.74) is 2.47. The van der Waals surface area contributed by atoms with Crippen LogP contribution in [0.5, 0.6) is 0 Å². The molecule has 102 valence electrons. The molecule has 3 heterocycles. The second kappa shape index (κ2) is 4.54. The average molecular weight is 296 g/mol. The molecule has 4 rings (SSSR count). The predicted octanol–water partition coefficient (Wildman–Crippen LogP) is 3.22. The number of aromatic nitrogens is 4. The first-order valence-electron chi connectivity index (χ1n) is 6.66. The van der Waals surface area contributed by atoms with Crippen LogP contribution in [-0.4, -0.2) is 19.5 Å². The fourth-order valence-electron chi connectivity index (χ4n) is 2.55. The first kappa shape index (κ1) is 12.3. The summed E-state index contributed by atoms with van der Waals surface area (Å²) in [4.78, 5) is 12.8.